The summed E-state index contributed by atoms with van der Waals surface area (Å²) in [4.78, 5) is 16.5. The second-order valence-corrected chi connectivity index (χ2v) is 10.7. The van der Waals surface area contributed by atoms with Crippen molar-refractivity contribution in [2.45, 2.75) is 18.9 Å². The highest BCUT2D eigenvalue weighted by Gasteiger charge is 2.22. The Balaban J connectivity index is 1.20. The molecule has 41 heavy (non-hydrogen) atoms. The van der Waals surface area contributed by atoms with E-state index in [1.807, 2.05) is 48.5 Å². The molecule has 11 heteroatoms. The Morgan fingerprint density at radius 2 is 1.63 bits per heavy atom. The van der Waals surface area contributed by atoms with Gasteiger partial charge in [0, 0.05) is 42.6 Å². The van der Waals surface area contributed by atoms with Crippen LogP contribution in [0, 0.1) is 5.82 Å². The van der Waals surface area contributed by atoms with Crippen LogP contribution in [0.15, 0.2) is 72.8 Å². The highest BCUT2D eigenvalue weighted by molar-refractivity contribution is 7.22. The van der Waals surface area contributed by atoms with Gasteiger partial charge < -0.3 is 30.3 Å². The zero-order chi connectivity index (χ0) is 28.2. The monoisotopic (exact) mass is 571 g/mol. The van der Waals surface area contributed by atoms with E-state index in [1.165, 1.54) is 17.9 Å². The third-order valence-corrected chi connectivity index (χ3v) is 7.89. The van der Waals surface area contributed by atoms with Gasteiger partial charge in [-0.15, -0.1) is 0 Å². The van der Waals surface area contributed by atoms with Crippen LogP contribution in [0.4, 0.5) is 38.5 Å². The summed E-state index contributed by atoms with van der Waals surface area (Å²) in [5.41, 5.74) is 2.40. The number of para-hydroxylation sites is 1. The first-order chi connectivity index (χ1) is 20.1. The van der Waals surface area contributed by atoms with Crippen LogP contribution in [0.25, 0.3) is 10.2 Å². The number of ether oxygens (including phenoxy) is 2. The number of methoxy groups -OCH3 is 2. The third kappa shape index (κ3) is 6.25. The second-order valence-electron chi connectivity index (χ2n) is 9.66. The van der Waals surface area contributed by atoms with Gasteiger partial charge in [-0.05, 0) is 61.4 Å². The van der Waals surface area contributed by atoms with Gasteiger partial charge in [-0.25, -0.2) is 9.37 Å². The number of halogens is 1. The summed E-state index contributed by atoms with van der Waals surface area (Å²) in [5.74, 6) is 2.25. The van der Waals surface area contributed by atoms with Crippen LogP contribution in [0.1, 0.15) is 12.8 Å². The van der Waals surface area contributed by atoms with Crippen molar-refractivity contribution >= 4 is 55.6 Å². The molecule has 1 aliphatic rings. The fourth-order valence-electron chi connectivity index (χ4n) is 4.77. The van der Waals surface area contributed by atoms with Crippen molar-refractivity contribution in [3.05, 3.63) is 78.6 Å². The summed E-state index contributed by atoms with van der Waals surface area (Å²) in [6.07, 6.45) is 1.88. The van der Waals surface area contributed by atoms with Gasteiger partial charge in [0.2, 0.25) is 5.95 Å². The van der Waals surface area contributed by atoms with Gasteiger partial charge in [-0.2, -0.15) is 9.97 Å². The van der Waals surface area contributed by atoms with E-state index in [4.69, 9.17) is 19.4 Å². The Labute approximate surface area is 241 Å². The average Bonchev–Trinajstić information content (AvgIpc) is 3.40. The maximum absolute atomic E-state index is 14.4. The normalized spacial score (nSPS) is 13.7. The smallest absolute Gasteiger partial charge is 0.231 e. The van der Waals surface area contributed by atoms with E-state index < -0.39 is 5.82 Å². The Hall–Kier alpha value is -4.64. The predicted octanol–water partition coefficient (Wildman–Crippen LogP) is 6.81. The summed E-state index contributed by atoms with van der Waals surface area (Å²) < 4.78 is 25.9. The molecule has 0 amide bonds. The molecule has 3 N–H and O–H groups in total. The lowest BCUT2D eigenvalue weighted by Gasteiger charge is -2.33. The number of nitrogens with one attached hydrogen (secondary N) is 3. The van der Waals surface area contributed by atoms with Gasteiger partial charge >= 0.3 is 0 Å². The Kier molecular flexibility index (Phi) is 7.68. The number of benzene rings is 3. The van der Waals surface area contributed by atoms with E-state index in [-0.39, 0.29) is 5.75 Å². The SMILES string of the molecule is COc1ccc(Nc2nc(Nc3ccc(OC)c(F)c3)cc(N3CCC(Nc4nc5ccccc5s4)CC3)n2)cc1. The van der Waals surface area contributed by atoms with Crippen LogP contribution in [-0.4, -0.2) is 48.3 Å². The molecule has 6 rings (SSSR count). The van der Waals surface area contributed by atoms with Crippen molar-refractivity contribution in [2.75, 3.05) is 48.2 Å². The van der Waals surface area contributed by atoms with Crippen molar-refractivity contribution < 1.29 is 13.9 Å². The molecule has 2 aromatic heterocycles. The summed E-state index contributed by atoms with van der Waals surface area (Å²) >= 11 is 1.68. The molecule has 9 nitrogen and oxygen atoms in total. The standard InChI is InChI=1S/C30H30FN7O2S/c1-39-22-10-7-19(8-11-22)33-29-36-27(32-21-9-12-25(40-2)23(31)17-21)18-28(37-29)38-15-13-20(14-16-38)34-30-35-24-5-3-4-6-26(24)41-30/h3-12,17-18,20H,13-16H2,1-2H3,(H,34,35)(H2,32,33,36,37). The van der Waals surface area contributed by atoms with Crippen molar-refractivity contribution in [3.63, 3.8) is 0 Å². The number of nitrogens with zero attached hydrogens (tertiary/aromatic N) is 4. The molecule has 0 spiro atoms. The Morgan fingerprint density at radius 3 is 2.37 bits per heavy atom. The van der Waals surface area contributed by atoms with E-state index in [9.17, 15) is 4.39 Å². The molecule has 0 bridgehead atoms. The third-order valence-electron chi connectivity index (χ3n) is 6.92. The molecule has 1 fully saturated rings. The molecule has 0 unspecified atom stereocenters. The molecule has 0 radical (unpaired) electrons. The maximum atomic E-state index is 14.4. The lowest BCUT2D eigenvalue weighted by atomic mass is 10.1. The first-order valence-corrected chi connectivity index (χ1v) is 14.2. The van der Waals surface area contributed by atoms with Crippen LogP contribution >= 0.6 is 11.3 Å². The molecule has 1 saturated heterocycles. The number of thiazole rings is 1. The average molecular weight is 572 g/mol. The number of hydrogen-bond donors (Lipinski definition) is 3. The van der Waals surface area contributed by atoms with Crippen molar-refractivity contribution in [1.29, 1.82) is 0 Å². The van der Waals surface area contributed by atoms with Gasteiger partial charge in [0.25, 0.3) is 0 Å². The molecule has 5 aromatic rings. The van der Waals surface area contributed by atoms with Gasteiger partial charge in [0.15, 0.2) is 16.7 Å². The van der Waals surface area contributed by atoms with Crippen LogP contribution < -0.4 is 30.3 Å². The molecule has 210 valence electrons. The first-order valence-electron chi connectivity index (χ1n) is 13.3. The quantitative estimate of drug-likeness (QED) is 0.176. The summed E-state index contributed by atoms with van der Waals surface area (Å²) in [6.45, 7) is 1.64. The van der Waals surface area contributed by atoms with Gasteiger partial charge in [-0.1, -0.05) is 23.5 Å². The molecular formula is C30H30FN7O2S. The van der Waals surface area contributed by atoms with Crippen molar-refractivity contribution in [1.82, 2.24) is 15.0 Å². The number of piperidine rings is 1. The van der Waals surface area contributed by atoms with E-state index in [0.717, 1.165) is 53.8 Å². The zero-order valence-corrected chi connectivity index (χ0v) is 23.5. The number of hydrogen-bond acceptors (Lipinski definition) is 10. The van der Waals surface area contributed by atoms with Crippen molar-refractivity contribution in [3.8, 4) is 11.5 Å². The molecular weight excluding hydrogens is 541 g/mol. The molecule has 0 aliphatic carbocycles. The van der Waals surface area contributed by atoms with Crippen LogP contribution in [0.2, 0.25) is 0 Å². The Bertz CT molecular complexity index is 1610. The number of anilines is 6. The topological polar surface area (TPSA) is 96.5 Å². The largest absolute Gasteiger partial charge is 0.497 e. The van der Waals surface area contributed by atoms with Crippen LogP contribution in [-0.2, 0) is 0 Å². The first kappa shape index (κ1) is 26.6. The molecule has 0 saturated carbocycles. The molecule has 0 atom stereocenters. The minimum Gasteiger partial charge on any atom is -0.497 e. The van der Waals surface area contributed by atoms with Crippen LogP contribution in [0.5, 0.6) is 11.5 Å². The lowest BCUT2D eigenvalue weighted by molar-refractivity contribution is 0.386. The summed E-state index contributed by atoms with van der Waals surface area (Å²) in [7, 11) is 3.07. The summed E-state index contributed by atoms with van der Waals surface area (Å²) in [6, 6.07) is 22.7. The fourth-order valence-corrected chi connectivity index (χ4v) is 5.72. The van der Waals surface area contributed by atoms with E-state index in [0.29, 0.717) is 23.5 Å². The number of aromatic nitrogens is 3. The second kappa shape index (κ2) is 11.8. The zero-order valence-electron chi connectivity index (χ0n) is 22.7. The predicted molar refractivity (Wildman–Crippen MR) is 163 cm³/mol. The van der Waals surface area contributed by atoms with Gasteiger partial charge in [-0.3, -0.25) is 0 Å². The van der Waals surface area contributed by atoms with Crippen LogP contribution in [0.3, 0.4) is 0 Å². The van der Waals surface area contributed by atoms with E-state index in [1.54, 1.807) is 30.6 Å². The van der Waals surface area contributed by atoms with Gasteiger partial charge in [0.1, 0.15) is 17.4 Å². The summed E-state index contributed by atoms with van der Waals surface area (Å²) in [5, 5.41) is 11.1. The van der Waals surface area contributed by atoms with E-state index in [2.05, 4.69) is 31.9 Å². The highest BCUT2D eigenvalue weighted by atomic mass is 32.1. The van der Waals surface area contributed by atoms with Crippen molar-refractivity contribution in [2.24, 2.45) is 0 Å². The number of fused-ring (bicyclic) bond motifs is 1. The minimum atomic E-state index is -0.453. The molecule has 3 aromatic carbocycles. The van der Waals surface area contributed by atoms with Gasteiger partial charge in [0.05, 0.1) is 24.4 Å². The number of rotatable bonds is 9. The molecule has 3 heterocycles. The lowest BCUT2D eigenvalue weighted by Crippen LogP contribution is -2.39. The fraction of sp³-hybridized carbons (Fsp3) is 0.233. The highest BCUT2D eigenvalue weighted by Crippen LogP contribution is 2.30. The maximum Gasteiger partial charge on any atom is 0.231 e. The van der Waals surface area contributed by atoms with E-state index >= 15 is 0 Å². The minimum absolute atomic E-state index is 0.183. The molecule has 1 aliphatic heterocycles. The Morgan fingerprint density at radius 1 is 0.854 bits per heavy atom.